The normalized spacial score (nSPS) is 25.1. The van der Waals surface area contributed by atoms with Crippen LogP contribution in [0.15, 0.2) is 12.3 Å². The molecule has 2 atom stereocenters. The molecular formula is C12H19NO3. The van der Waals surface area contributed by atoms with E-state index in [1.54, 1.807) is 13.8 Å². The molecule has 16 heavy (non-hydrogen) atoms. The number of ketones is 1. The van der Waals surface area contributed by atoms with Crippen LogP contribution in [0.3, 0.4) is 0 Å². The van der Waals surface area contributed by atoms with Crippen LogP contribution in [0.5, 0.6) is 0 Å². The summed E-state index contributed by atoms with van der Waals surface area (Å²) in [6.45, 7) is 7.42. The third kappa shape index (κ3) is 2.62. The Morgan fingerprint density at radius 3 is 2.69 bits per heavy atom. The van der Waals surface area contributed by atoms with Crippen LogP contribution in [0.2, 0.25) is 0 Å². The zero-order chi connectivity index (χ0) is 12.3. The summed E-state index contributed by atoms with van der Waals surface area (Å²) in [5, 5.41) is 0. The second kappa shape index (κ2) is 5.14. The Kier molecular flexibility index (Phi) is 4.10. The van der Waals surface area contributed by atoms with Crippen molar-refractivity contribution in [2.75, 3.05) is 0 Å². The molecule has 1 rings (SSSR count). The van der Waals surface area contributed by atoms with Gasteiger partial charge in [0.15, 0.2) is 5.78 Å². The van der Waals surface area contributed by atoms with Gasteiger partial charge in [0.25, 0.3) is 0 Å². The fraction of sp³-hybridized carbons (Fsp3) is 0.667. The van der Waals surface area contributed by atoms with Crippen LogP contribution in [-0.4, -0.2) is 28.9 Å². The molecule has 0 saturated carbocycles. The van der Waals surface area contributed by atoms with E-state index in [1.165, 1.54) is 17.2 Å². The fourth-order valence-electron chi connectivity index (χ4n) is 1.86. The van der Waals surface area contributed by atoms with Crippen LogP contribution in [0.1, 0.15) is 34.1 Å². The maximum Gasteiger partial charge on any atom is 0.414 e. The first-order chi connectivity index (χ1) is 7.47. The predicted octanol–water partition coefficient (Wildman–Crippen LogP) is 2.34. The van der Waals surface area contributed by atoms with Crippen LogP contribution in [0, 0.1) is 5.92 Å². The molecule has 0 aromatic carbocycles. The summed E-state index contributed by atoms with van der Waals surface area (Å²) in [4.78, 5) is 24.8. The number of allylic oxidation sites excluding steroid dienone is 1. The molecule has 1 amide bonds. The Morgan fingerprint density at radius 2 is 2.19 bits per heavy atom. The average Bonchev–Trinajstić information content (AvgIpc) is 2.20. The van der Waals surface area contributed by atoms with E-state index in [4.69, 9.17) is 4.74 Å². The van der Waals surface area contributed by atoms with Gasteiger partial charge in [-0.1, -0.05) is 13.8 Å². The minimum Gasteiger partial charge on any atom is -0.446 e. The van der Waals surface area contributed by atoms with Gasteiger partial charge < -0.3 is 4.74 Å². The Morgan fingerprint density at radius 1 is 1.56 bits per heavy atom. The van der Waals surface area contributed by atoms with Gasteiger partial charge in [0.1, 0.15) is 0 Å². The largest absolute Gasteiger partial charge is 0.446 e. The van der Waals surface area contributed by atoms with E-state index in [-0.39, 0.29) is 29.9 Å². The van der Waals surface area contributed by atoms with Gasteiger partial charge in [-0.2, -0.15) is 0 Å². The highest BCUT2D eigenvalue weighted by Crippen LogP contribution is 2.22. The summed E-state index contributed by atoms with van der Waals surface area (Å²) in [6.07, 6.45) is 3.19. The van der Waals surface area contributed by atoms with E-state index in [0.717, 1.165) is 6.42 Å². The summed E-state index contributed by atoms with van der Waals surface area (Å²) in [5.41, 5.74) is 0. The molecule has 0 bridgehead atoms. The van der Waals surface area contributed by atoms with Crippen LogP contribution in [-0.2, 0) is 9.53 Å². The van der Waals surface area contributed by atoms with Crippen molar-refractivity contribution >= 4 is 11.9 Å². The molecular weight excluding hydrogens is 206 g/mol. The van der Waals surface area contributed by atoms with E-state index in [2.05, 4.69) is 0 Å². The summed E-state index contributed by atoms with van der Waals surface area (Å²) in [6, 6.07) is -0.0938. The molecule has 0 saturated heterocycles. The summed E-state index contributed by atoms with van der Waals surface area (Å²) >= 11 is 0. The molecule has 1 unspecified atom stereocenters. The molecule has 4 nitrogen and oxygen atoms in total. The van der Waals surface area contributed by atoms with Crippen LogP contribution >= 0.6 is 0 Å². The van der Waals surface area contributed by atoms with Gasteiger partial charge in [-0.15, -0.1) is 0 Å². The van der Waals surface area contributed by atoms with Crippen LogP contribution in [0.25, 0.3) is 0 Å². The van der Waals surface area contributed by atoms with E-state index >= 15 is 0 Å². The first-order valence-corrected chi connectivity index (χ1v) is 5.68. The quantitative estimate of drug-likeness (QED) is 0.724. The van der Waals surface area contributed by atoms with Crippen molar-refractivity contribution in [2.24, 2.45) is 5.92 Å². The SMILES string of the molecule is CCC1[C@H](C)C(=O)C=CN1C(=O)OC(C)C. The Balaban J connectivity index is 2.82. The van der Waals surface area contributed by atoms with Gasteiger partial charge in [0.2, 0.25) is 0 Å². The van der Waals surface area contributed by atoms with Crippen LogP contribution < -0.4 is 0 Å². The Labute approximate surface area is 96.3 Å². The maximum atomic E-state index is 11.8. The van der Waals surface area contributed by atoms with Crippen LogP contribution in [0.4, 0.5) is 4.79 Å². The summed E-state index contributed by atoms with van der Waals surface area (Å²) in [7, 11) is 0. The first kappa shape index (κ1) is 12.7. The molecule has 0 spiro atoms. The summed E-state index contributed by atoms with van der Waals surface area (Å²) in [5.74, 6) is -0.0878. The molecule has 4 heteroatoms. The number of amides is 1. The van der Waals surface area contributed by atoms with E-state index in [1.807, 2.05) is 13.8 Å². The Hall–Kier alpha value is -1.32. The predicted molar refractivity (Wildman–Crippen MR) is 60.8 cm³/mol. The van der Waals surface area contributed by atoms with Crippen molar-refractivity contribution in [2.45, 2.75) is 46.3 Å². The highest BCUT2D eigenvalue weighted by Gasteiger charge is 2.33. The monoisotopic (exact) mass is 225 g/mol. The average molecular weight is 225 g/mol. The molecule has 0 N–H and O–H groups in total. The third-order valence-electron chi connectivity index (χ3n) is 2.75. The topological polar surface area (TPSA) is 46.6 Å². The molecule has 0 aromatic heterocycles. The standard InChI is InChI=1S/C12H19NO3/c1-5-10-9(4)11(14)6-7-13(10)12(15)16-8(2)3/h6-10H,5H2,1-4H3/t9-,10?/m0/s1. The zero-order valence-electron chi connectivity index (χ0n) is 10.3. The minimum atomic E-state index is -0.377. The number of hydrogen-bond acceptors (Lipinski definition) is 3. The minimum absolute atomic E-state index is 0.0699. The number of ether oxygens (including phenoxy) is 1. The molecule has 1 heterocycles. The zero-order valence-corrected chi connectivity index (χ0v) is 10.3. The van der Waals surface area contributed by atoms with E-state index < -0.39 is 0 Å². The molecule has 1 aliphatic heterocycles. The molecule has 0 aromatic rings. The second-order valence-corrected chi connectivity index (χ2v) is 4.32. The van der Waals surface area contributed by atoms with Crippen molar-refractivity contribution < 1.29 is 14.3 Å². The lowest BCUT2D eigenvalue weighted by molar-refractivity contribution is -0.120. The number of carbonyl (C=O) groups is 2. The van der Waals surface area contributed by atoms with Crippen molar-refractivity contribution in [3.63, 3.8) is 0 Å². The van der Waals surface area contributed by atoms with Crippen molar-refractivity contribution in [1.82, 2.24) is 4.90 Å². The summed E-state index contributed by atoms with van der Waals surface area (Å²) < 4.78 is 5.13. The molecule has 0 radical (unpaired) electrons. The molecule has 1 aliphatic rings. The van der Waals surface area contributed by atoms with Gasteiger partial charge >= 0.3 is 6.09 Å². The van der Waals surface area contributed by atoms with Crippen molar-refractivity contribution in [3.05, 3.63) is 12.3 Å². The molecule has 90 valence electrons. The number of carbonyl (C=O) groups excluding carboxylic acids is 2. The third-order valence-corrected chi connectivity index (χ3v) is 2.75. The van der Waals surface area contributed by atoms with Gasteiger partial charge in [0, 0.05) is 18.2 Å². The smallest absolute Gasteiger partial charge is 0.414 e. The number of nitrogens with zero attached hydrogens (tertiary/aromatic N) is 1. The van der Waals surface area contributed by atoms with Crippen molar-refractivity contribution in [3.8, 4) is 0 Å². The lowest BCUT2D eigenvalue weighted by Crippen LogP contribution is -2.45. The highest BCUT2D eigenvalue weighted by molar-refractivity contribution is 5.94. The maximum absolute atomic E-state index is 11.8. The molecule has 0 aliphatic carbocycles. The van der Waals surface area contributed by atoms with E-state index in [0.29, 0.717) is 0 Å². The first-order valence-electron chi connectivity index (χ1n) is 5.68. The Bertz CT molecular complexity index is 309. The second-order valence-electron chi connectivity index (χ2n) is 4.32. The van der Waals surface area contributed by atoms with E-state index in [9.17, 15) is 9.59 Å². The lowest BCUT2D eigenvalue weighted by atomic mass is 9.91. The molecule has 0 fully saturated rings. The number of rotatable bonds is 2. The van der Waals surface area contributed by atoms with Gasteiger partial charge in [0.05, 0.1) is 6.10 Å². The van der Waals surface area contributed by atoms with Gasteiger partial charge in [-0.3, -0.25) is 9.69 Å². The van der Waals surface area contributed by atoms with Crippen molar-refractivity contribution in [1.29, 1.82) is 0 Å². The highest BCUT2D eigenvalue weighted by atomic mass is 16.6. The number of hydrogen-bond donors (Lipinski definition) is 0. The lowest BCUT2D eigenvalue weighted by Gasteiger charge is -2.34. The van der Waals surface area contributed by atoms with Gasteiger partial charge in [-0.25, -0.2) is 4.79 Å². The fourth-order valence-corrected chi connectivity index (χ4v) is 1.86. The van der Waals surface area contributed by atoms with Gasteiger partial charge in [-0.05, 0) is 26.3 Å².